The number of rotatable bonds is 5. The molecule has 0 radical (unpaired) electrons. The van der Waals surface area contributed by atoms with Crippen LogP contribution in [0.4, 0.5) is 0 Å². The van der Waals surface area contributed by atoms with Gasteiger partial charge in [0.05, 0.1) is 18.9 Å². The summed E-state index contributed by atoms with van der Waals surface area (Å²) in [5, 5.41) is 8.06. The molecule has 2 aliphatic rings. The highest BCUT2D eigenvalue weighted by Gasteiger charge is 2.27. The van der Waals surface area contributed by atoms with Gasteiger partial charge in [0.2, 0.25) is 0 Å². The molecule has 5 nitrogen and oxygen atoms in total. The van der Waals surface area contributed by atoms with Crippen LogP contribution in [0.5, 0.6) is 0 Å². The fraction of sp³-hybridized carbons (Fsp3) is 0.769. The molecule has 1 aromatic heterocycles. The van der Waals surface area contributed by atoms with Gasteiger partial charge in [-0.2, -0.15) is 5.10 Å². The molecule has 0 aromatic carbocycles. The Morgan fingerprint density at radius 1 is 1.50 bits per heavy atom. The van der Waals surface area contributed by atoms with E-state index < -0.39 is 0 Å². The first-order valence-electron chi connectivity index (χ1n) is 6.85. The molecule has 2 heterocycles. The van der Waals surface area contributed by atoms with Crippen molar-refractivity contribution in [2.75, 3.05) is 26.3 Å². The smallest absolute Gasteiger partial charge is 0.0764 e. The highest BCUT2D eigenvalue weighted by Crippen LogP contribution is 2.19. The van der Waals surface area contributed by atoms with Gasteiger partial charge in [-0.05, 0) is 18.9 Å². The molecular weight excluding hydrogens is 228 g/mol. The third kappa shape index (κ3) is 3.10. The summed E-state index contributed by atoms with van der Waals surface area (Å²) in [5.41, 5.74) is 1.15. The van der Waals surface area contributed by atoms with Crippen molar-refractivity contribution >= 4 is 0 Å². The maximum atomic E-state index is 5.60. The van der Waals surface area contributed by atoms with Crippen LogP contribution < -0.4 is 5.32 Å². The standard InChI is InChI=1S/C13H22N4O/c1-16-5-4-12(15-16)9-17-6-7-18-10-13(17)8-14-11-2-3-11/h4-5,11,13-14H,2-3,6-10H2,1H3. The molecule has 1 saturated carbocycles. The van der Waals surface area contributed by atoms with Crippen molar-refractivity contribution < 1.29 is 4.74 Å². The van der Waals surface area contributed by atoms with Gasteiger partial charge in [0.1, 0.15) is 0 Å². The lowest BCUT2D eigenvalue weighted by molar-refractivity contribution is -0.0116. The van der Waals surface area contributed by atoms with Gasteiger partial charge in [0.25, 0.3) is 0 Å². The molecule has 0 spiro atoms. The predicted octanol–water partition coefficient (Wildman–Crippen LogP) is 0.373. The average Bonchev–Trinajstić information content (AvgIpc) is 3.12. The molecule has 0 bridgehead atoms. The van der Waals surface area contributed by atoms with E-state index in [1.165, 1.54) is 12.8 Å². The lowest BCUT2D eigenvalue weighted by atomic mass is 10.2. The molecule has 1 aliphatic heterocycles. The van der Waals surface area contributed by atoms with Gasteiger partial charge in [-0.25, -0.2) is 0 Å². The molecule has 3 rings (SSSR count). The number of hydrogen-bond acceptors (Lipinski definition) is 4. The van der Waals surface area contributed by atoms with E-state index in [2.05, 4.69) is 21.4 Å². The Hall–Kier alpha value is -0.910. The largest absolute Gasteiger partial charge is 0.378 e. The monoisotopic (exact) mass is 250 g/mol. The molecule has 1 aromatic rings. The summed E-state index contributed by atoms with van der Waals surface area (Å²) in [5.74, 6) is 0. The van der Waals surface area contributed by atoms with Crippen LogP contribution in [-0.2, 0) is 18.3 Å². The van der Waals surface area contributed by atoms with Gasteiger partial charge < -0.3 is 10.1 Å². The predicted molar refractivity (Wildman–Crippen MR) is 69.2 cm³/mol. The molecule has 1 atom stereocenters. The van der Waals surface area contributed by atoms with Gasteiger partial charge in [-0.15, -0.1) is 0 Å². The third-order valence-electron chi connectivity index (χ3n) is 3.70. The first kappa shape index (κ1) is 12.1. The second-order valence-electron chi connectivity index (χ2n) is 5.36. The maximum absolute atomic E-state index is 5.60. The summed E-state index contributed by atoms with van der Waals surface area (Å²) in [6.07, 6.45) is 4.69. The molecule has 1 aliphatic carbocycles. The fourth-order valence-corrected chi connectivity index (χ4v) is 2.43. The number of morpholine rings is 1. The van der Waals surface area contributed by atoms with Crippen LogP contribution in [0.1, 0.15) is 18.5 Å². The van der Waals surface area contributed by atoms with Crippen molar-refractivity contribution in [3.8, 4) is 0 Å². The number of aryl methyl sites for hydroxylation is 1. The van der Waals surface area contributed by atoms with E-state index in [1.54, 1.807) is 0 Å². The number of hydrogen-bond donors (Lipinski definition) is 1. The zero-order valence-corrected chi connectivity index (χ0v) is 11.0. The molecule has 18 heavy (non-hydrogen) atoms. The highest BCUT2D eigenvalue weighted by molar-refractivity contribution is 4.99. The molecule has 2 fully saturated rings. The first-order chi connectivity index (χ1) is 8.81. The van der Waals surface area contributed by atoms with Crippen molar-refractivity contribution in [1.29, 1.82) is 0 Å². The van der Waals surface area contributed by atoms with Crippen LogP contribution in [-0.4, -0.2) is 53.1 Å². The fourth-order valence-electron chi connectivity index (χ4n) is 2.43. The average molecular weight is 250 g/mol. The van der Waals surface area contributed by atoms with E-state index in [0.717, 1.165) is 44.6 Å². The highest BCUT2D eigenvalue weighted by atomic mass is 16.5. The summed E-state index contributed by atoms with van der Waals surface area (Å²) < 4.78 is 7.47. The summed E-state index contributed by atoms with van der Waals surface area (Å²) in [6, 6.07) is 3.35. The van der Waals surface area contributed by atoms with Crippen molar-refractivity contribution in [1.82, 2.24) is 20.0 Å². The quantitative estimate of drug-likeness (QED) is 0.820. The van der Waals surface area contributed by atoms with Crippen molar-refractivity contribution in [2.24, 2.45) is 7.05 Å². The Morgan fingerprint density at radius 3 is 3.11 bits per heavy atom. The molecular formula is C13H22N4O. The van der Waals surface area contributed by atoms with E-state index in [4.69, 9.17) is 4.74 Å². The summed E-state index contributed by atoms with van der Waals surface area (Å²) in [7, 11) is 1.97. The van der Waals surface area contributed by atoms with Crippen LogP contribution in [0.25, 0.3) is 0 Å². The third-order valence-corrected chi connectivity index (χ3v) is 3.70. The summed E-state index contributed by atoms with van der Waals surface area (Å²) >= 11 is 0. The van der Waals surface area contributed by atoms with Crippen LogP contribution in [0.15, 0.2) is 12.3 Å². The molecule has 5 heteroatoms. The maximum Gasteiger partial charge on any atom is 0.0764 e. The van der Waals surface area contributed by atoms with Gasteiger partial charge in [-0.1, -0.05) is 0 Å². The van der Waals surface area contributed by atoms with Gasteiger partial charge in [0, 0.05) is 45.0 Å². The normalized spacial score (nSPS) is 25.5. The lowest BCUT2D eigenvalue weighted by Gasteiger charge is -2.35. The van der Waals surface area contributed by atoms with E-state index in [-0.39, 0.29) is 0 Å². The lowest BCUT2D eigenvalue weighted by Crippen LogP contribution is -2.50. The number of aromatic nitrogens is 2. The zero-order chi connectivity index (χ0) is 12.4. The molecule has 100 valence electrons. The number of nitrogens with zero attached hydrogens (tertiary/aromatic N) is 3. The Kier molecular flexibility index (Phi) is 3.63. The number of ether oxygens (including phenoxy) is 1. The van der Waals surface area contributed by atoms with Crippen LogP contribution >= 0.6 is 0 Å². The Bertz CT molecular complexity index is 388. The van der Waals surface area contributed by atoms with Crippen molar-refractivity contribution in [3.63, 3.8) is 0 Å². The SMILES string of the molecule is Cn1ccc(CN2CCOCC2CNC2CC2)n1. The van der Waals surface area contributed by atoms with E-state index in [0.29, 0.717) is 6.04 Å². The van der Waals surface area contributed by atoms with Crippen LogP contribution in [0.2, 0.25) is 0 Å². The first-order valence-corrected chi connectivity index (χ1v) is 6.85. The van der Waals surface area contributed by atoms with E-state index in [9.17, 15) is 0 Å². The minimum Gasteiger partial charge on any atom is -0.378 e. The van der Waals surface area contributed by atoms with Crippen molar-refractivity contribution in [2.45, 2.75) is 31.5 Å². The molecule has 0 amide bonds. The van der Waals surface area contributed by atoms with Crippen LogP contribution in [0.3, 0.4) is 0 Å². The topological polar surface area (TPSA) is 42.3 Å². The Morgan fingerprint density at radius 2 is 2.39 bits per heavy atom. The second-order valence-corrected chi connectivity index (χ2v) is 5.36. The summed E-state index contributed by atoms with van der Waals surface area (Å²) in [4.78, 5) is 2.49. The molecule has 1 N–H and O–H groups in total. The van der Waals surface area contributed by atoms with E-state index in [1.807, 2.05) is 17.9 Å². The van der Waals surface area contributed by atoms with E-state index >= 15 is 0 Å². The summed E-state index contributed by atoms with van der Waals surface area (Å²) in [6.45, 7) is 4.66. The Balaban J connectivity index is 1.56. The van der Waals surface area contributed by atoms with Crippen molar-refractivity contribution in [3.05, 3.63) is 18.0 Å². The second kappa shape index (κ2) is 5.38. The zero-order valence-electron chi connectivity index (χ0n) is 11.0. The van der Waals surface area contributed by atoms with Gasteiger partial charge in [-0.3, -0.25) is 9.58 Å². The van der Waals surface area contributed by atoms with Crippen LogP contribution in [0, 0.1) is 0 Å². The number of nitrogens with one attached hydrogen (secondary N) is 1. The molecule has 1 saturated heterocycles. The minimum absolute atomic E-state index is 0.487. The minimum atomic E-state index is 0.487. The Labute approximate surface area is 108 Å². The van der Waals surface area contributed by atoms with Gasteiger partial charge in [0.15, 0.2) is 0 Å². The molecule has 1 unspecified atom stereocenters. The van der Waals surface area contributed by atoms with Gasteiger partial charge >= 0.3 is 0 Å².